The summed E-state index contributed by atoms with van der Waals surface area (Å²) >= 11 is 0. The molecule has 2 unspecified atom stereocenters. The second-order valence-corrected chi connectivity index (χ2v) is 7.47. The molecule has 1 heterocycles. The maximum absolute atomic E-state index is 12.3. The van der Waals surface area contributed by atoms with Crippen molar-refractivity contribution in [3.63, 3.8) is 0 Å². The lowest BCUT2D eigenvalue weighted by Crippen LogP contribution is -2.40. The molecule has 1 amide bonds. The molecule has 134 valence electrons. The largest absolute Gasteiger partial charge is 0.444 e. The number of nitrogens with one attached hydrogen (secondary N) is 1. The number of methoxy groups -OCH3 is 1. The highest BCUT2D eigenvalue weighted by atomic mass is 16.6. The van der Waals surface area contributed by atoms with Crippen LogP contribution in [0, 0.1) is 0 Å². The average Bonchev–Trinajstić information content (AvgIpc) is 2.52. The molecule has 1 aromatic rings. The van der Waals surface area contributed by atoms with Gasteiger partial charge in [-0.3, -0.25) is 0 Å². The number of nitrogens with zero attached hydrogens (tertiary/aromatic N) is 1. The van der Waals surface area contributed by atoms with Crippen LogP contribution in [-0.2, 0) is 22.4 Å². The number of carbonyl (C=O) groups is 1. The highest BCUT2D eigenvalue weighted by Gasteiger charge is 2.27. The van der Waals surface area contributed by atoms with Gasteiger partial charge in [-0.25, -0.2) is 4.79 Å². The van der Waals surface area contributed by atoms with E-state index in [2.05, 4.69) is 31.3 Å². The van der Waals surface area contributed by atoms with Crippen LogP contribution in [0.1, 0.15) is 45.7 Å². The number of benzene rings is 1. The first kappa shape index (κ1) is 18.6. The molecule has 0 radical (unpaired) electrons. The normalized spacial score (nSPS) is 17.0. The van der Waals surface area contributed by atoms with Crippen molar-refractivity contribution >= 4 is 11.8 Å². The predicted molar refractivity (Wildman–Crippen MR) is 96.3 cm³/mol. The lowest BCUT2D eigenvalue weighted by molar-refractivity contribution is 0.0224. The first-order valence-corrected chi connectivity index (χ1v) is 8.59. The molecule has 0 aromatic heterocycles. The van der Waals surface area contributed by atoms with Crippen LogP contribution < -0.4 is 5.32 Å². The molecule has 2 rings (SSSR count). The van der Waals surface area contributed by atoms with Crippen LogP contribution in [0.5, 0.6) is 0 Å². The van der Waals surface area contributed by atoms with E-state index in [4.69, 9.17) is 9.47 Å². The molecule has 0 spiro atoms. The Morgan fingerprint density at radius 2 is 2.00 bits per heavy atom. The average molecular weight is 334 g/mol. The van der Waals surface area contributed by atoms with Gasteiger partial charge in [-0.15, -0.1) is 0 Å². The van der Waals surface area contributed by atoms with Crippen molar-refractivity contribution < 1.29 is 14.3 Å². The first-order chi connectivity index (χ1) is 11.2. The molecule has 0 aliphatic carbocycles. The van der Waals surface area contributed by atoms with Crippen molar-refractivity contribution in [3.05, 3.63) is 29.3 Å². The zero-order chi connectivity index (χ0) is 17.9. The van der Waals surface area contributed by atoms with Crippen molar-refractivity contribution in [1.82, 2.24) is 4.90 Å². The summed E-state index contributed by atoms with van der Waals surface area (Å²) in [7, 11) is 1.72. The van der Waals surface area contributed by atoms with Crippen LogP contribution >= 0.6 is 0 Å². The fourth-order valence-electron chi connectivity index (χ4n) is 2.79. The van der Waals surface area contributed by atoms with Crippen molar-refractivity contribution in [2.24, 2.45) is 0 Å². The molecule has 1 aliphatic rings. The number of amides is 1. The first-order valence-electron chi connectivity index (χ1n) is 8.59. The molecule has 0 bridgehead atoms. The lowest BCUT2D eigenvalue weighted by atomic mass is 9.97. The van der Waals surface area contributed by atoms with E-state index in [-0.39, 0.29) is 18.2 Å². The Kier molecular flexibility index (Phi) is 5.75. The fraction of sp³-hybridized carbons (Fsp3) is 0.632. The molecule has 2 atom stereocenters. The molecular weight excluding hydrogens is 304 g/mol. The van der Waals surface area contributed by atoms with Crippen LogP contribution in [0.3, 0.4) is 0 Å². The van der Waals surface area contributed by atoms with E-state index < -0.39 is 5.60 Å². The molecule has 1 aliphatic heterocycles. The summed E-state index contributed by atoms with van der Waals surface area (Å²) in [4.78, 5) is 14.1. The standard InChI is InChI=1S/C19H30N2O3/c1-13(14(2)23-6)20-17-9-7-8-15-12-21(11-10-16(15)17)18(22)24-19(3,4)5/h7-9,13-14,20H,10-12H2,1-6H3. The van der Waals surface area contributed by atoms with E-state index in [1.807, 2.05) is 26.8 Å². The Labute approximate surface area is 145 Å². The number of hydrogen-bond acceptors (Lipinski definition) is 4. The van der Waals surface area contributed by atoms with Crippen LogP contribution in [0.15, 0.2) is 18.2 Å². The van der Waals surface area contributed by atoms with E-state index in [0.29, 0.717) is 13.1 Å². The molecule has 0 saturated carbocycles. The van der Waals surface area contributed by atoms with Gasteiger partial charge < -0.3 is 19.7 Å². The summed E-state index contributed by atoms with van der Waals surface area (Å²) in [6, 6.07) is 6.43. The van der Waals surface area contributed by atoms with Crippen LogP contribution in [0.4, 0.5) is 10.5 Å². The van der Waals surface area contributed by atoms with Crippen LogP contribution in [-0.4, -0.2) is 42.4 Å². The molecule has 1 aromatic carbocycles. The molecule has 5 heteroatoms. The molecule has 1 N–H and O–H groups in total. The van der Waals surface area contributed by atoms with Crippen LogP contribution in [0.2, 0.25) is 0 Å². The highest BCUT2D eigenvalue weighted by Crippen LogP contribution is 2.28. The smallest absolute Gasteiger partial charge is 0.410 e. The Balaban J connectivity index is 2.11. The zero-order valence-corrected chi connectivity index (χ0v) is 15.7. The second kappa shape index (κ2) is 7.43. The summed E-state index contributed by atoms with van der Waals surface area (Å²) in [6.07, 6.45) is 0.710. The van der Waals surface area contributed by atoms with Crippen molar-refractivity contribution in [3.8, 4) is 0 Å². The summed E-state index contributed by atoms with van der Waals surface area (Å²) < 4.78 is 10.9. The number of hydrogen-bond donors (Lipinski definition) is 1. The highest BCUT2D eigenvalue weighted by molar-refractivity contribution is 5.69. The minimum Gasteiger partial charge on any atom is -0.444 e. The molecule has 0 fully saturated rings. The van der Waals surface area contributed by atoms with Crippen molar-refractivity contribution in [2.45, 2.75) is 65.3 Å². The van der Waals surface area contributed by atoms with Gasteiger partial charge in [0.15, 0.2) is 0 Å². The number of fused-ring (bicyclic) bond motifs is 1. The van der Waals surface area contributed by atoms with E-state index in [9.17, 15) is 4.79 Å². The Bertz CT molecular complexity index is 580. The van der Waals surface area contributed by atoms with E-state index in [1.54, 1.807) is 12.0 Å². The Hall–Kier alpha value is -1.75. The van der Waals surface area contributed by atoms with Gasteiger partial charge in [0.05, 0.1) is 6.10 Å². The summed E-state index contributed by atoms with van der Waals surface area (Å²) in [5, 5.41) is 3.54. The summed E-state index contributed by atoms with van der Waals surface area (Å²) in [5.74, 6) is 0. The summed E-state index contributed by atoms with van der Waals surface area (Å²) in [5.41, 5.74) is 3.13. The maximum Gasteiger partial charge on any atom is 0.410 e. The van der Waals surface area contributed by atoms with Gasteiger partial charge in [0.25, 0.3) is 0 Å². The third-order valence-electron chi connectivity index (χ3n) is 4.38. The minimum atomic E-state index is -0.466. The van der Waals surface area contributed by atoms with Crippen molar-refractivity contribution in [1.29, 1.82) is 0 Å². The molecular formula is C19H30N2O3. The van der Waals surface area contributed by atoms with Gasteiger partial charge in [0.1, 0.15) is 5.60 Å². The van der Waals surface area contributed by atoms with E-state index in [1.165, 1.54) is 11.1 Å². The third-order valence-corrected chi connectivity index (χ3v) is 4.38. The van der Waals surface area contributed by atoms with E-state index in [0.717, 1.165) is 12.1 Å². The topological polar surface area (TPSA) is 50.8 Å². The minimum absolute atomic E-state index is 0.128. The lowest BCUT2D eigenvalue weighted by Gasteiger charge is -2.33. The van der Waals surface area contributed by atoms with Gasteiger partial charge in [-0.2, -0.15) is 0 Å². The maximum atomic E-state index is 12.3. The summed E-state index contributed by atoms with van der Waals surface area (Å²) in [6.45, 7) is 11.1. The van der Waals surface area contributed by atoms with Crippen LogP contribution in [0.25, 0.3) is 0 Å². The van der Waals surface area contributed by atoms with Gasteiger partial charge in [0, 0.05) is 31.9 Å². The van der Waals surface area contributed by atoms with Gasteiger partial charge in [-0.1, -0.05) is 12.1 Å². The SMILES string of the molecule is COC(C)C(C)Nc1cccc2c1CCN(C(=O)OC(C)(C)C)C2. The zero-order valence-electron chi connectivity index (χ0n) is 15.7. The number of carbonyl (C=O) groups excluding carboxylic acids is 1. The molecule has 0 saturated heterocycles. The van der Waals surface area contributed by atoms with Gasteiger partial charge >= 0.3 is 6.09 Å². The Morgan fingerprint density at radius 1 is 1.29 bits per heavy atom. The van der Waals surface area contributed by atoms with Crippen molar-refractivity contribution in [2.75, 3.05) is 19.0 Å². The monoisotopic (exact) mass is 334 g/mol. The fourth-order valence-corrected chi connectivity index (χ4v) is 2.79. The van der Waals surface area contributed by atoms with Gasteiger partial charge in [0.2, 0.25) is 0 Å². The van der Waals surface area contributed by atoms with E-state index >= 15 is 0 Å². The number of rotatable bonds is 4. The molecule has 5 nitrogen and oxygen atoms in total. The third kappa shape index (κ3) is 4.63. The number of ether oxygens (including phenoxy) is 2. The molecule has 24 heavy (non-hydrogen) atoms. The second-order valence-electron chi connectivity index (χ2n) is 7.47. The predicted octanol–water partition coefficient (Wildman–Crippen LogP) is 3.82. The van der Waals surface area contributed by atoms with Gasteiger partial charge in [-0.05, 0) is 58.2 Å². The quantitative estimate of drug-likeness (QED) is 0.909. The Morgan fingerprint density at radius 3 is 2.62 bits per heavy atom. The number of anilines is 1.